The Kier molecular flexibility index (Phi) is 7.39. The molecule has 0 saturated heterocycles. The molecule has 3 N–H and O–H groups in total. The minimum absolute atomic E-state index is 0.872. The first-order valence-corrected chi connectivity index (χ1v) is 11.0. The van der Waals surface area contributed by atoms with Gasteiger partial charge in [0, 0.05) is 12.1 Å². The number of fused-ring (bicyclic) bond motifs is 1. The second-order valence-electron chi connectivity index (χ2n) is 6.90. The molecule has 2 aliphatic carbocycles. The number of thiazole rings is 1. The third-order valence-corrected chi connectivity index (χ3v) is 6.72. The van der Waals surface area contributed by atoms with Gasteiger partial charge in [-0.2, -0.15) is 0 Å². The van der Waals surface area contributed by atoms with Crippen molar-refractivity contribution in [1.82, 2.24) is 10.3 Å². The van der Waals surface area contributed by atoms with Gasteiger partial charge >= 0.3 is 0 Å². The zero-order valence-electron chi connectivity index (χ0n) is 14.4. The SMILES string of the molecule is C1CCC(NC2CCCCC2)CC1.NSc1nc2ccccc2s1. The maximum atomic E-state index is 5.38. The molecule has 5 heteroatoms. The molecule has 24 heavy (non-hydrogen) atoms. The molecular formula is C19H29N3S2. The number of nitrogens with two attached hydrogens (primary N) is 1. The van der Waals surface area contributed by atoms with Gasteiger partial charge in [0.05, 0.1) is 10.2 Å². The number of aromatic nitrogens is 1. The quantitative estimate of drug-likeness (QED) is 0.707. The van der Waals surface area contributed by atoms with Crippen LogP contribution in [0.1, 0.15) is 64.2 Å². The van der Waals surface area contributed by atoms with E-state index in [2.05, 4.69) is 10.3 Å². The van der Waals surface area contributed by atoms with E-state index in [1.165, 1.54) is 80.9 Å². The van der Waals surface area contributed by atoms with E-state index >= 15 is 0 Å². The van der Waals surface area contributed by atoms with E-state index in [0.717, 1.165) is 21.9 Å². The summed E-state index contributed by atoms with van der Waals surface area (Å²) in [5.74, 6) is 0. The van der Waals surface area contributed by atoms with E-state index in [0.29, 0.717) is 0 Å². The Balaban J connectivity index is 0.000000143. The Hall–Kier alpha value is -0.620. The summed E-state index contributed by atoms with van der Waals surface area (Å²) >= 11 is 2.83. The number of hydrogen-bond acceptors (Lipinski definition) is 5. The second kappa shape index (κ2) is 9.76. The van der Waals surface area contributed by atoms with Crippen LogP contribution >= 0.6 is 23.3 Å². The average molecular weight is 364 g/mol. The van der Waals surface area contributed by atoms with Gasteiger partial charge in [-0.3, -0.25) is 5.14 Å². The normalized spacial score (nSPS) is 19.9. The summed E-state index contributed by atoms with van der Waals surface area (Å²) in [5.41, 5.74) is 1.03. The first-order chi connectivity index (χ1) is 11.8. The molecule has 2 aromatic rings. The van der Waals surface area contributed by atoms with Crippen molar-refractivity contribution in [2.75, 3.05) is 0 Å². The summed E-state index contributed by atoms with van der Waals surface area (Å²) in [7, 11) is 0. The van der Waals surface area contributed by atoms with Gasteiger partial charge in [-0.05, 0) is 49.8 Å². The van der Waals surface area contributed by atoms with Gasteiger partial charge in [-0.1, -0.05) is 50.7 Å². The lowest BCUT2D eigenvalue weighted by molar-refractivity contribution is 0.291. The van der Waals surface area contributed by atoms with Gasteiger partial charge in [0.25, 0.3) is 0 Å². The maximum absolute atomic E-state index is 5.38. The van der Waals surface area contributed by atoms with Crippen LogP contribution in [0.2, 0.25) is 0 Å². The minimum Gasteiger partial charge on any atom is -0.311 e. The Morgan fingerprint density at radius 3 is 2.04 bits per heavy atom. The van der Waals surface area contributed by atoms with Crippen LogP contribution in [0.15, 0.2) is 28.6 Å². The number of para-hydroxylation sites is 1. The van der Waals surface area contributed by atoms with Crippen molar-refractivity contribution >= 4 is 33.5 Å². The summed E-state index contributed by atoms with van der Waals surface area (Å²) in [6.45, 7) is 0. The van der Waals surface area contributed by atoms with Crippen LogP contribution in [0.5, 0.6) is 0 Å². The van der Waals surface area contributed by atoms with E-state index < -0.39 is 0 Å². The van der Waals surface area contributed by atoms with E-state index in [1.54, 1.807) is 11.3 Å². The summed E-state index contributed by atoms with van der Waals surface area (Å²) in [6.07, 6.45) is 14.6. The van der Waals surface area contributed by atoms with Crippen LogP contribution in [0.4, 0.5) is 0 Å². The standard InChI is InChI=1S/C12H23N.C7H6N2S2/c1-3-7-11(8-4-1)13-12-9-5-2-6-10-12;8-11-7-9-5-3-1-2-4-6(5)10-7/h11-13H,1-10H2;1-4H,8H2. The van der Waals surface area contributed by atoms with Gasteiger partial charge in [0.15, 0.2) is 4.34 Å². The van der Waals surface area contributed by atoms with Crippen molar-refractivity contribution < 1.29 is 0 Å². The molecule has 0 atom stereocenters. The predicted octanol–water partition coefficient (Wildman–Crippen LogP) is 5.50. The maximum Gasteiger partial charge on any atom is 0.165 e. The van der Waals surface area contributed by atoms with E-state index in [9.17, 15) is 0 Å². The van der Waals surface area contributed by atoms with Crippen LogP contribution in [0, 0.1) is 0 Å². The van der Waals surface area contributed by atoms with Gasteiger partial charge in [-0.15, -0.1) is 11.3 Å². The highest BCUT2D eigenvalue weighted by atomic mass is 32.2. The van der Waals surface area contributed by atoms with Crippen molar-refractivity contribution in [3.8, 4) is 0 Å². The van der Waals surface area contributed by atoms with E-state index in [1.807, 2.05) is 24.3 Å². The zero-order valence-corrected chi connectivity index (χ0v) is 16.0. The summed E-state index contributed by atoms with van der Waals surface area (Å²) < 4.78 is 2.12. The van der Waals surface area contributed by atoms with Crippen molar-refractivity contribution in [2.45, 2.75) is 80.6 Å². The molecule has 0 unspecified atom stereocenters. The Bertz CT molecular complexity index is 552. The first-order valence-electron chi connectivity index (χ1n) is 9.33. The molecule has 0 bridgehead atoms. The molecule has 2 saturated carbocycles. The molecule has 1 aromatic carbocycles. The fraction of sp³-hybridized carbons (Fsp3) is 0.632. The lowest BCUT2D eigenvalue weighted by atomic mass is 9.91. The van der Waals surface area contributed by atoms with E-state index in [-0.39, 0.29) is 0 Å². The molecule has 1 aromatic heterocycles. The largest absolute Gasteiger partial charge is 0.311 e. The molecule has 0 radical (unpaired) electrons. The van der Waals surface area contributed by atoms with Crippen molar-refractivity contribution in [1.29, 1.82) is 0 Å². The van der Waals surface area contributed by atoms with Gasteiger partial charge in [-0.25, -0.2) is 4.98 Å². The molecule has 132 valence electrons. The van der Waals surface area contributed by atoms with Gasteiger partial charge < -0.3 is 5.32 Å². The topological polar surface area (TPSA) is 50.9 Å². The molecule has 4 rings (SSSR count). The lowest BCUT2D eigenvalue weighted by Gasteiger charge is -2.30. The first kappa shape index (κ1) is 18.2. The number of hydrogen-bond donors (Lipinski definition) is 2. The van der Waals surface area contributed by atoms with Crippen molar-refractivity contribution in [3.05, 3.63) is 24.3 Å². The second-order valence-corrected chi connectivity index (χ2v) is 8.81. The predicted molar refractivity (Wildman–Crippen MR) is 107 cm³/mol. The van der Waals surface area contributed by atoms with E-state index in [4.69, 9.17) is 5.14 Å². The molecule has 2 aliphatic rings. The fourth-order valence-electron chi connectivity index (χ4n) is 3.77. The summed E-state index contributed by atoms with van der Waals surface area (Å²) in [4.78, 5) is 4.29. The Morgan fingerprint density at radius 2 is 1.50 bits per heavy atom. The number of rotatable bonds is 3. The third-order valence-electron chi connectivity index (χ3n) is 5.06. The average Bonchev–Trinajstić information content (AvgIpc) is 3.07. The zero-order chi connectivity index (χ0) is 16.6. The molecule has 0 spiro atoms. The monoisotopic (exact) mass is 363 g/mol. The smallest absolute Gasteiger partial charge is 0.165 e. The number of nitrogens with zero attached hydrogens (tertiary/aromatic N) is 1. The highest BCUT2D eigenvalue weighted by molar-refractivity contribution is 7.99. The molecular weight excluding hydrogens is 334 g/mol. The van der Waals surface area contributed by atoms with Crippen molar-refractivity contribution in [2.24, 2.45) is 5.14 Å². The number of nitrogens with one attached hydrogen (secondary N) is 1. The summed E-state index contributed by atoms with van der Waals surface area (Å²) in [5, 5.41) is 9.24. The molecule has 3 nitrogen and oxygen atoms in total. The number of benzene rings is 1. The molecule has 0 amide bonds. The van der Waals surface area contributed by atoms with Crippen LogP contribution in [0.3, 0.4) is 0 Å². The molecule has 1 heterocycles. The van der Waals surface area contributed by atoms with Crippen LogP contribution in [-0.2, 0) is 0 Å². The van der Waals surface area contributed by atoms with Gasteiger partial charge in [0.1, 0.15) is 0 Å². The Morgan fingerprint density at radius 1 is 0.917 bits per heavy atom. The lowest BCUT2D eigenvalue weighted by Crippen LogP contribution is -2.40. The van der Waals surface area contributed by atoms with Gasteiger partial charge in [0.2, 0.25) is 0 Å². The highest BCUT2D eigenvalue weighted by Crippen LogP contribution is 2.26. The van der Waals surface area contributed by atoms with Crippen molar-refractivity contribution in [3.63, 3.8) is 0 Å². The van der Waals surface area contributed by atoms with Crippen LogP contribution < -0.4 is 10.5 Å². The minimum atomic E-state index is 0.872. The summed E-state index contributed by atoms with van der Waals surface area (Å²) in [6, 6.07) is 9.77. The van der Waals surface area contributed by atoms with Crippen LogP contribution in [0.25, 0.3) is 10.2 Å². The highest BCUT2D eigenvalue weighted by Gasteiger charge is 2.19. The third kappa shape index (κ3) is 5.45. The van der Waals surface area contributed by atoms with Crippen LogP contribution in [-0.4, -0.2) is 17.1 Å². The Labute approximate surface area is 153 Å². The molecule has 0 aliphatic heterocycles. The fourth-order valence-corrected chi connectivity index (χ4v) is 5.08. The molecule has 2 fully saturated rings.